The first-order valence-corrected chi connectivity index (χ1v) is 8.82. The maximum atomic E-state index is 12.0. The average Bonchev–Trinajstić information content (AvgIpc) is 3.06. The molecule has 1 aromatic heterocycles. The van der Waals surface area contributed by atoms with Crippen molar-refractivity contribution in [3.63, 3.8) is 0 Å². The third-order valence-corrected chi connectivity index (χ3v) is 4.52. The minimum absolute atomic E-state index is 0.307. The smallest absolute Gasteiger partial charge is 0.331 e. The standard InChI is InChI=1S/C19H20N2O4S/c1-12(2)17(18(23)21-19(20)24)25-16(22)11-9-14-8-10-15(26-14)13-6-4-3-5-7-13/h3-12,17H,1-2H3,(H3,20,21,23,24)/b11-9+/t17-/m0/s1. The fraction of sp³-hybridized carbons (Fsp3) is 0.211. The van der Waals surface area contributed by atoms with Gasteiger partial charge in [0.15, 0.2) is 6.10 Å². The van der Waals surface area contributed by atoms with Crippen LogP contribution in [0.2, 0.25) is 0 Å². The first-order valence-electron chi connectivity index (χ1n) is 8.01. The number of carbonyl (C=O) groups is 3. The van der Waals surface area contributed by atoms with E-state index in [-0.39, 0.29) is 5.92 Å². The molecule has 3 N–H and O–H groups in total. The minimum atomic E-state index is -1.09. The summed E-state index contributed by atoms with van der Waals surface area (Å²) in [4.78, 5) is 36.6. The van der Waals surface area contributed by atoms with E-state index in [0.717, 1.165) is 15.3 Å². The van der Waals surface area contributed by atoms with Gasteiger partial charge in [-0.25, -0.2) is 9.59 Å². The number of hydrogen-bond donors (Lipinski definition) is 2. The van der Waals surface area contributed by atoms with E-state index < -0.39 is 24.0 Å². The predicted octanol–water partition coefficient (Wildman–Crippen LogP) is 3.19. The third-order valence-electron chi connectivity index (χ3n) is 3.42. The molecule has 0 aliphatic heterocycles. The van der Waals surface area contributed by atoms with Gasteiger partial charge < -0.3 is 10.5 Å². The van der Waals surface area contributed by atoms with E-state index in [9.17, 15) is 14.4 Å². The van der Waals surface area contributed by atoms with Gasteiger partial charge in [0.25, 0.3) is 5.91 Å². The predicted molar refractivity (Wildman–Crippen MR) is 101 cm³/mol. The first kappa shape index (κ1) is 19.4. The van der Waals surface area contributed by atoms with Crippen LogP contribution in [-0.4, -0.2) is 24.0 Å². The van der Waals surface area contributed by atoms with Crippen molar-refractivity contribution in [3.05, 3.63) is 53.4 Å². The van der Waals surface area contributed by atoms with Crippen LogP contribution in [0, 0.1) is 5.92 Å². The van der Waals surface area contributed by atoms with Gasteiger partial charge in [0.05, 0.1) is 0 Å². The summed E-state index contributed by atoms with van der Waals surface area (Å²) in [6.07, 6.45) is 1.79. The molecule has 2 rings (SSSR count). The van der Waals surface area contributed by atoms with E-state index in [2.05, 4.69) is 0 Å². The maximum Gasteiger partial charge on any atom is 0.331 e. The monoisotopic (exact) mass is 372 g/mol. The van der Waals surface area contributed by atoms with Crippen molar-refractivity contribution in [1.29, 1.82) is 0 Å². The van der Waals surface area contributed by atoms with Gasteiger partial charge >= 0.3 is 12.0 Å². The second-order valence-electron chi connectivity index (χ2n) is 5.86. The summed E-state index contributed by atoms with van der Waals surface area (Å²) >= 11 is 1.53. The molecule has 3 amide bonds. The molecule has 0 aliphatic rings. The molecular weight excluding hydrogens is 352 g/mol. The quantitative estimate of drug-likeness (QED) is 0.601. The zero-order valence-electron chi connectivity index (χ0n) is 14.5. The second kappa shape index (κ2) is 8.96. The van der Waals surface area contributed by atoms with Crippen LogP contribution in [-0.2, 0) is 14.3 Å². The normalized spacial score (nSPS) is 12.1. The lowest BCUT2D eigenvalue weighted by Crippen LogP contribution is -2.45. The van der Waals surface area contributed by atoms with Crippen molar-refractivity contribution in [2.24, 2.45) is 11.7 Å². The lowest BCUT2D eigenvalue weighted by atomic mass is 10.1. The van der Waals surface area contributed by atoms with Crippen molar-refractivity contribution in [2.75, 3.05) is 0 Å². The molecule has 26 heavy (non-hydrogen) atoms. The van der Waals surface area contributed by atoms with E-state index in [1.807, 2.05) is 47.8 Å². The molecule has 0 saturated carbocycles. The molecule has 2 aromatic rings. The van der Waals surface area contributed by atoms with Crippen LogP contribution in [0.3, 0.4) is 0 Å². The Bertz CT molecular complexity index is 812. The summed E-state index contributed by atoms with van der Waals surface area (Å²) in [7, 11) is 0. The number of imide groups is 1. The highest BCUT2D eigenvalue weighted by atomic mass is 32.1. The Morgan fingerprint density at radius 3 is 2.42 bits per heavy atom. The average molecular weight is 372 g/mol. The van der Waals surface area contributed by atoms with Crippen molar-refractivity contribution in [2.45, 2.75) is 20.0 Å². The van der Waals surface area contributed by atoms with E-state index in [0.29, 0.717) is 0 Å². The van der Waals surface area contributed by atoms with Crippen LogP contribution >= 0.6 is 11.3 Å². The van der Waals surface area contributed by atoms with E-state index >= 15 is 0 Å². The minimum Gasteiger partial charge on any atom is -0.449 e. The number of benzene rings is 1. The number of hydrogen-bond acceptors (Lipinski definition) is 5. The van der Waals surface area contributed by atoms with Crippen LogP contribution in [0.15, 0.2) is 48.5 Å². The van der Waals surface area contributed by atoms with Gasteiger partial charge in [-0.05, 0) is 29.7 Å². The molecule has 0 fully saturated rings. The van der Waals surface area contributed by atoms with Crippen LogP contribution in [0.4, 0.5) is 4.79 Å². The molecule has 0 bridgehead atoms. The van der Waals surface area contributed by atoms with Gasteiger partial charge in [-0.2, -0.15) is 0 Å². The molecule has 1 heterocycles. The van der Waals surface area contributed by atoms with Gasteiger partial charge in [-0.15, -0.1) is 11.3 Å². The topological polar surface area (TPSA) is 98.5 Å². The summed E-state index contributed by atoms with van der Waals surface area (Å²) in [6.45, 7) is 3.40. The molecular formula is C19H20N2O4S. The van der Waals surface area contributed by atoms with Crippen LogP contribution < -0.4 is 11.1 Å². The Labute approximate surface area is 155 Å². The van der Waals surface area contributed by atoms with E-state index in [1.165, 1.54) is 17.4 Å². The molecule has 1 atom stereocenters. The highest BCUT2D eigenvalue weighted by molar-refractivity contribution is 7.16. The fourth-order valence-electron chi connectivity index (χ4n) is 2.20. The molecule has 136 valence electrons. The SMILES string of the molecule is CC(C)[C@H](OC(=O)/C=C/c1ccc(-c2ccccc2)s1)C(=O)NC(N)=O. The van der Waals surface area contributed by atoms with Crippen molar-refractivity contribution in [1.82, 2.24) is 5.32 Å². The van der Waals surface area contributed by atoms with Crippen LogP contribution in [0.5, 0.6) is 0 Å². The lowest BCUT2D eigenvalue weighted by molar-refractivity contribution is -0.153. The lowest BCUT2D eigenvalue weighted by Gasteiger charge is -2.18. The number of ether oxygens (including phenoxy) is 1. The molecule has 7 heteroatoms. The van der Waals surface area contributed by atoms with Crippen molar-refractivity contribution >= 4 is 35.3 Å². The molecule has 0 spiro atoms. The van der Waals surface area contributed by atoms with Crippen LogP contribution in [0.25, 0.3) is 16.5 Å². The third kappa shape index (κ3) is 5.56. The van der Waals surface area contributed by atoms with Gasteiger partial charge in [0, 0.05) is 15.8 Å². The maximum absolute atomic E-state index is 12.0. The largest absolute Gasteiger partial charge is 0.449 e. The summed E-state index contributed by atoms with van der Waals surface area (Å²) in [5.74, 6) is -1.71. The van der Waals surface area contributed by atoms with Crippen molar-refractivity contribution < 1.29 is 19.1 Å². The number of carbonyl (C=O) groups excluding carboxylic acids is 3. The van der Waals surface area contributed by atoms with Crippen molar-refractivity contribution in [3.8, 4) is 10.4 Å². The second-order valence-corrected chi connectivity index (χ2v) is 6.97. The zero-order chi connectivity index (χ0) is 19.1. The Kier molecular flexibility index (Phi) is 6.68. The Balaban J connectivity index is 2.01. The number of rotatable bonds is 6. The summed E-state index contributed by atoms with van der Waals surface area (Å²) in [6, 6.07) is 12.8. The highest BCUT2D eigenvalue weighted by Gasteiger charge is 2.26. The fourth-order valence-corrected chi connectivity index (χ4v) is 3.12. The Morgan fingerprint density at radius 1 is 1.12 bits per heavy atom. The zero-order valence-corrected chi connectivity index (χ0v) is 15.3. The summed E-state index contributed by atoms with van der Waals surface area (Å²) < 4.78 is 5.15. The van der Waals surface area contributed by atoms with Crippen LogP contribution in [0.1, 0.15) is 18.7 Å². The first-order chi connectivity index (χ1) is 12.4. The molecule has 0 aliphatic carbocycles. The molecule has 0 radical (unpaired) electrons. The molecule has 6 nitrogen and oxygen atoms in total. The number of primary amides is 1. The van der Waals surface area contributed by atoms with Gasteiger partial charge in [0.1, 0.15) is 0 Å². The van der Waals surface area contributed by atoms with E-state index in [1.54, 1.807) is 19.9 Å². The number of amides is 3. The Hall–Kier alpha value is -2.93. The van der Waals surface area contributed by atoms with Gasteiger partial charge in [-0.1, -0.05) is 44.2 Å². The summed E-state index contributed by atoms with van der Waals surface area (Å²) in [5, 5.41) is 1.93. The summed E-state index contributed by atoms with van der Waals surface area (Å²) in [5.41, 5.74) is 6.02. The number of esters is 1. The number of nitrogens with two attached hydrogens (primary N) is 1. The van der Waals surface area contributed by atoms with E-state index in [4.69, 9.17) is 10.5 Å². The molecule has 0 unspecified atom stereocenters. The highest BCUT2D eigenvalue weighted by Crippen LogP contribution is 2.28. The van der Waals surface area contributed by atoms with Gasteiger partial charge in [0.2, 0.25) is 0 Å². The number of urea groups is 1. The Morgan fingerprint density at radius 2 is 1.81 bits per heavy atom. The van der Waals surface area contributed by atoms with Gasteiger partial charge in [-0.3, -0.25) is 10.1 Å². The molecule has 0 saturated heterocycles. The number of thiophene rings is 1. The number of nitrogens with one attached hydrogen (secondary N) is 1. The molecule has 1 aromatic carbocycles.